The van der Waals surface area contributed by atoms with E-state index in [4.69, 9.17) is 5.73 Å². The Kier molecular flexibility index (Phi) is 1.97. The van der Waals surface area contributed by atoms with Crippen LogP contribution in [0.15, 0.2) is 36.4 Å². The monoisotopic (exact) mass is 173 g/mol. The fraction of sp³-hybridized carbons (Fsp3) is 0.333. The molecule has 2 atom stereocenters. The van der Waals surface area contributed by atoms with Gasteiger partial charge in [-0.25, -0.2) is 0 Å². The maximum atomic E-state index is 6.05. The first-order valence-corrected chi connectivity index (χ1v) is 4.74. The molecule has 1 fully saturated rings. The van der Waals surface area contributed by atoms with Gasteiger partial charge < -0.3 is 5.73 Å². The molecule has 0 radical (unpaired) electrons. The molecule has 1 aliphatic carbocycles. The quantitative estimate of drug-likeness (QED) is 0.730. The van der Waals surface area contributed by atoms with Crippen LogP contribution in [-0.2, 0) is 0 Å². The van der Waals surface area contributed by atoms with Crippen molar-refractivity contribution in [1.29, 1.82) is 0 Å². The first-order chi connectivity index (χ1) is 6.21. The molecule has 1 heteroatoms. The molecule has 0 bridgehead atoms. The lowest BCUT2D eigenvalue weighted by Crippen LogP contribution is -2.20. The van der Waals surface area contributed by atoms with E-state index in [9.17, 15) is 0 Å². The molecule has 2 rings (SSSR count). The zero-order valence-electron chi connectivity index (χ0n) is 7.90. The number of hydrogen-bond donors (Lipinski definition) is 1. The van der Waals surface area contributed by atoms with E-state index in [-0.39, 0.29) is 5.54 Å². The predicted molar refractivity (Wildman–Crippen MR) is 56.2 cm³/mol. The van der Waals surface area contributed by atoms with Crippen molar-refractivity contribution in [3.8, 4) is 0 Å². The third-order valence-electron chi connectivity index (χ3n) is 2.80. The Morgan fingerprint density at radius 1 is 1.38 bits per heavy atom. The molecule has 1 aromatic carbocycles. The highest BCUT2D eigenvalue weighted by Gasteiger charge is 2.44. The van der Waals surface area contributed by atoms with Gasteiger partial charge in [-0.15, -0.1) is 0 Å². The van der Waals surface area contributed by atoms with Crippen LogP contribution in [0.4, 0.5) is 0 Å². The van der Waals surface area contributed by atoms with E-state index in [0.29, 0.717) is 5.92 Å². The van der Waals surface area contributed by atoms with E-state index in [1.54, 1.807) is 0 Å². The van der Waals surface area contributed by atoms with E-state index in [0.717, 1.165) is 6.42 Å². The maximum absolute atomic E-state index is 6.05. The Bertz CT molecular complexity index is 315. The van der Waals surface area contributed by atoms with Gasteiger partial charge in [-0.1, -0.05) is 49.4 Å². The number of benzene rings is 1. The van der Waals surface area contributed by atoms with Crippen LogP contribution >= 0.6 is 0 Å². The normalized spacial score (nSPS) is 32.3. The molecule has 1 aromatic rings. The summed E-state index contributed by atoms with van der Waals surface area (Å²) in [6.45, 7) is 2.19. The molecule has 0 unspecified atom stereocenters. The van der Waals surface area contributed by atoms with Gasteiger partial charge in [-0.3, -0.25) is 0 Å². The van der Waals surface area contributed by atoms with Crippen molar-refractivity contribution in [3.05, 3.63) is 42.0 Å². The summed E-state index contributed by atoms with van der Waals surface area (Å²) in [5.41, 5.74) is 7.26. The molecule has 68 valence electrons. The minimum atomic E-state index is -0.0180. The molecule has 1 nitrogen and oxygen atoms in total. The Morgan fingerprint density at radius 3 is 2.54 bits per heavy atom. The second-order valence-corrected chi connectivity index (χ2v) is 3.96. The summed E-state index contributed by atoms with van der Waals surface area (Å²) < 4.78 is 0. The third kappa shape index (κ3) is 1.81. The zero-order valence-corrected chi connectivity index (χ0v) is 7.90. The van der Waals surface area contributed by atoms with Crippen LogP contribution < -0.4 is 5.73 Å². The van der Waals surface area contributed by atoms with Gasteiger partial charge in [0.15, 0.2) is 0 Å². The van der Waals surface area contributed by atoms with Crippen LogP contribution in [0, 0.1) is 5.92 Å². The van der Waals surface area contributed by atoms with Crippen LogP contribution in [0.25, 0.3) is 6.08 Å². The van der Waals surface area contributed by atoms with Gasteiger partial charge in [0.2, 0.25) is 0 Å². The largest absolute Gasteiger partial charge is 0.322 e. The Morgan fingerprint density at radius 2 is 2.00 bits per heavy atom. The van der Waals surface area contributed by atoms with Crippen molar-refractivity contribution in [2.24, 2.45) is 11.7 Å². The lowest BCUT2D eigenvalue weighted by atomic mass is 10.1. The van der Waals surface area contributed by atoms with Crippen molar-refractivity contribution < 1.29 is 0 Å². The molecule has 2 N–H and O–H groups in total. The highest BCUT2D eigenvalue weighted by molar-refractivity contribution is 5.51. The molecule has 0 spiro atoms. The molecule has 13 heavy (non-hydrogen) atoms. The van der Waals surface area contributed by atoms with Crippen molar-refractivity contribution in [1.82, 2.24) is 0 Å². The van der Waals surface area contributed by atoms with E-state index in [2.05, 4.69) is 31.2 Å². The van der Waals surface area contributed by atoms with Gasteiger partial charge in [0.1, 0.15) is 0 Å². The SMILES string of the molecule is C[C@H]1C[C@]1(N)/C=C/c1ccccc1. The second kappa shape index (κ2) is 3.00. The summed E-state index contributed by atoms with van der Waals surface area (Å²) in [5.74, 6) is 0.646. The summed E-state index contributed by atoms with van der Waals surface area (Å²) in [6, 6.07) is 10.3. The van der Waals surface area contributed by atoms with Crippen LogP contribution in [0.3, 0.4) is 0 Å². The Labute approximate surface area is 79.3 Å². The average Bonchev–Trinajstić information content (AvgIpc) is 2.74. The van der Waals surface area contributed by atoms with Gasteiger partial charge in [-0.2, -0.15) is 0 Å². The van der Waals surface area contributed by atoms with Crippen molar-refractivity contribution in [2.45, 2.75) is 18.9 Å². The summed E-state index contributed by atoms with van der Waals surface area (Å²) in [7, 11) is 0. The maximum Gasteiger partial charge on any atom is 0.0372 e. The van der Waals surface area contributed by atoms with Gasteiger partial charge >= 0.3 is 0 Å². The fourth-order valence-corrected chi connectivity index (χ4v) is 1.52. The molecule has 1 saturated carbocycles. The van der Waals surface area contributed by atoms with E-state index in [1.807, 2.05) is 18.2 Å². The summed E-state index contributed by atoms with van der Waals surface area (Å²) >= 11 is 0. The first-order valence-electron chi connectivity index (χ1n) is 4.74. The number of hydrogen-bond acceptors (Lipinski definition) is 1. The molecule has 1 aliphatic rings. The predicted octanol–water partition coefficient (Wildman–Crippen LogP) is 2.44. The molecule has 0 aliphatic heterocycles. The van der Waals surface area contributed by atoms with Crippen LogP contribution in [0.2, 0.25) is 0 Å². The minimum Gasteiger partial charge on any atom is -0.322 e. The Balaban J connectivity index is 2.07. The highest BCUT2D eigenvalue weighted by atomic mass is 14.8. The van der Waals surface area contributed by atoms with Crippen molar-refractivity contribution in [3.63, 3.8) is 0 Å². The minimum absolute atomic E-state index is 0.0180. The summed E-state index contributed by atoms with van der Waals surface area (Å²) in [6.07, 6.45) is 5.37. The average molecular weight is 173 g/mol. The molecule has 0 aromatic heterocycles. The number of rotatable bonds is 2. The number of nitrogens with two attached hydrogens (primary N) is 1. The van der Waals surface area contributed by atoms with E-state index in [1.165, 1.54) is 5.56 Å². The van der Waals surface area contributed by atoms with Crippen LogP contribution in [-0.4, -0.2) is 5.54 Å². The molecule has 0 amide bonds. The molecule has 0 saturated heterocycles. The highest BCUT2D eigenvalue weighted by Crippen LogP contribution is 2.41. The molecular weight excluding hydrogens is 158 g/mol. The van der Waals surface area contributed by atoms with Gasteiger partial charge in [0.05, 0.1) is 0 Å². The lowest BCUT2D eigenvalue weighted by molar-refractivity contribution is 0.761. The van der Waals surface area contributed by atoms with Crippen LogP contribution in [0.1, 0.15) is 18.9 Å². The molecule has 0 heterocycles. The second-order valence-electron chi connectivity index (χ2n) is 3.96. The van der Waals surface area contributed by atoms with Gasteiger partial charge in [-0.05, 0) is 17.9 Å². The van der Waals surface area contributed by atoms with Crippen LogP contribution in [0.5, 0.6) is 0 Å². The smallest absolute Gasteiger partial charge is 0.0372 e. The first kappa shape index (κ1) is 8.52. The molecular formula is C12H15N. The summed E-state index contributed by atoms with van der Waals surface area (Å²) in [4.78, 5) is 0. The fourth-order valence-electron chi connectivity index (χ4n) is 1.52. The van der Waals surface area contributed by atoms with Crippen molar-refractivity contribution in [2.75, 3.05) is 0 Å². The van der Waals surface area contributed by atoms with Crippen molar-refractivity contribution >= 4 is 6.08 Å². The van der Waals surface area contributed by atoms with Gasteiger partial charge in [0, 0.05) is 5.54 Å². The standard InChI is InChI=1S/C12H15N/c1-10-9-12(10,13)8-7-11-5-3-2-4-6-11/h2-8,10H,9,13H2,1H3/b8-7+/t10-,12+/m0/s1. The Hall–Kier alpha value is -1.08. The third-order valence-corrected chi connectivity index (χ3v) is 2.80. The lowest BCUT2D eigenvalue weighted by Gasteiger charge is -2.01. The van der Waals surface area contributed by atoms with Gasteiger partial charge in [0.25, 0.3) is 0 Å². The zero-order chi connectivity index (χ0) is 9.31. The van der Waals surface area contributed by atoms with E-state index >= 15 is 0 Å². The van der Waals surface area contributed by atoms with E-state index < -0.39 is 0 Å². The summed E-state index contributed by atoms with van der Waals surface area (Å²) in [5, 5.41) is 0. The topological polar surface area (TPSA) is 26.0 Å².